The molecule has 2 unspecified atom stereocenters. The summed E-state index contributed by atoms with van der Waals surface area (Å²) in [5.74, 6) is 0.839. The number of aliphatic hydroxyl groups is 1. The van der Waals surface area contributed by atoms with Gasteiger partial charge in [0.25, 0.3) is 0 Å². The number of benzene rings is 1. The molecule has 1 aliphatic rings. The molecule has 1 aliphatic heterocycles. The summed E-state index contributed by atoms with van der Waals surface area (Å²) >= 11 is 1.77. The minimum Gasteiger partial charge on any atom is -0.391 e. The first-order valence-corrected chi connectivity index (χ1v) is 7.70. The van der Waals surface area contributed by atoms with Gasteiger partial charge in [-0.3, -0.25) is 0 Å². The molecule has 0 aliphatic carbocycles. The minimum absolute atomic E-state index is 0.138. The van der Waals surface area contributed by atoms with Crippen molar-refractivity contribution in [2.45, 2.75) is 44.2 Å². The topological polar surface area (TPSA) is 32.3 Å². The molecule has 1 heterocycles. The Morgan fingerprint density at radius 3 is 2.89 bits per heavy atom. The van der Waals surface area contributed by atoms with Gasteiger partial charge in [-0.05, 0) is 41.4 Å². The van der Waals surface area contributed by atoms with Crippen molar-refractivity contribution in [2.75, 3.05) is 12.3 Å². The summed E-state index contributed by atoms with van der Waals surface area (Å²) < 4.78 is 13.4. The SMILES string of the molecule is CC(C)(C)C(O)CNC1CCSc2ccc(F)cc21. The monoisotopic (exact) mass is 283 g/mol. The largest absolute Gasteiger partial charge is 0.391 e. The fraction of sp³-hybridized carbons (Fsp3) is 0.600. The quantitative estimate of drug-likeness (QED) is 0.892. The van der Waals surface area contributed by atoms with Gasteiger partial charge in [0.15, 0.2) is 0 Å². The molecule has 4 heteroatoms. The van der Waals surface area contributed by atoms with E-state index in [2.05, 4.69) is 5.32 Å². The first-order valence-electron chi connectivity index (χ1n) is 6.71. The van der Waals surface area contributed by atoms with Crippen LogP contribution in [0.5, 0.6) is 0 Å². The van der Waals surface area contributed by atoms with Crippen LogP contribution >= 0.6 is 11.8 Å². The molecule has 0 bridgehead atoms. The third-order valence-electron chi connectivity index (χ3n) is 3.57. The molecule has 0 saturated heterocycles. The molecule has 2 atom stereocenters. The number of aliphatic hydroxyl groups excluding tert-OH is 1. The molecule has 2 N–H and O–H groups in total. The van der Waals surface area contributed by atoms with Gasteiger partial charge in [0.2, 0.25) is 0 Å². The molecule has 19 heavy (non-hydrogen) atoms. The van der Waals surface area contributed by atoms with E-state index in [0.29, 0.717) is 6.54 Å². The zero-order valence-corrected chi connectivity index (χ0v) is 12.6. The van der Waals surface area contributed by atoms with Gasteiger partial charge in [-0.25, -0.2) is 4.39 Å². The average Bonchev–Trinajstić information content (AvgIpc) is 2.34. The molecule has 2 rings (SSSR count). The number of thioether (sulfide) groups is 1. The second kappa shape index (κ2) is 5.81. The van der Waals surface area contributed by atoms with Crippen LogP contribution in [0.25, 0.3) is 0 Å². The predicted octanol–water partition coefficient (Wildman–Crippen LogP) is 3.36. The standard InChI is InChI=1S/C15H22FNOS/c1-15(2,3)14(18)9-17-12-6-7-19-13-5-4-10(16)8-11(12)13/h4-5,8,12,14,17-18H,6-7,9H2,1-3H3. The van der Waals surface area contributed by atoms with Gasteiger partial charge in [-0.15, -0.1) is 11.8 Å². The summed E-state index contributed by atoms with van der Waals surface area (Å²) in [5, 5.41) is 13.5. The third-order valence-corrected chi connectivity index (χ3v) is 4.69. The number of halogens is 1. The highest BCUT2D eigenvalue weighted by atomic mass is 32.2. The minimum atomic E-state index is -0.404. The molecule has 0 fully saturated rings. The number of fused-ring (bicyclic) bond motifs is 1. The Balaban J connectivity index is 2.05. The average molecular weight is 283 g/mol. The van der Waals surface area contributed by atoms with E-state index >= 15 is 0 Å². The molecule has 1 aromatic rings. The van der Waals surface area contributed by atoms with Crippen LogP contribution in [-0.2, 0) is 0 Å². The first kappa shape index (κ1) is 14.8. The normalized spacial score (nSPS) is 21.0. The Kier molecular flexibility index (Phi) is 4.54. The van der Waals surface area contributed by atoms with Crippen LogP contribution in [-0.4, -0.2) is 23.5 Å². The number of hydrogen-bond donors (Lipinski definition) is 2. The zero-order valence-electron chi connectivity index (χ0n) is 11.7. The van der Waals surface area contributed by atoms with Crippen LogP contribution in [0.1, 0.15) is 38.8 Å². The molecule has 0 aromatic heterocycles. The lowest BCUT2D eigenvalue weighted by molar-refractivity contribution is 0.0601. The molecule has 2 nitrogen and oxygen atoms in total. The van der Waals surface area contributed by atoms with Crippen LogP contribution < -0.4 is 5.32 Å². The molecule has 106 valence electrons. The molecular weight excluding hydrogens is 261 g/mol. The van der Waals surface area contributed by atoms with Crippen molar-refractivity contribution in [1.82, 2.24) is 5.32 Å². The van der Waals surface area contributed by atoms with Gasteiger partial charge < -0.3 is 10.4 Å². The van der Waals surface area contributed by atoms with Crippen molar-refractivity contribution in [3.8, 4) is 0 Å². The van der Waals surface area contributed by atoms with Gasteiger partial charge in [-0.1, -0.05) is 20.8 Å². The van der Waals surface area contributed by atoms with Crippen LogP contribution in [0.15, 0.2) is 23.1 Å². The van der Waals surface area contributed by atoms with Gasteiger partial charge in [0.1, 0.15) is 5.82 Å². The molecule has 1 aromatic carbocycles. The fourth-order valence-electron chi connectivity index (χ4n) is 2.14. The summed E-state index contributed by atoms with van der Waals surface area (Å²) in [5.41, 5.74) is 0.888. The highest BCUT2D eigenvalue weighted by Crippen LogP contribution is 2.36. The molecule has 0 spiro atoms. The second-order valence-corrected chi connectivity index (χ2v) is 7.30. The summed E-state index contributed by atoms with van der Waals surface area (Å²) in [4.78, 5) is 1.15. The van der Waals surface area contributed by atoms with E-state index in [4.69, 9.17) is 0 Å². The van der Waals surface area contributed by atoms with E-state index in [1.807, 2.05) is 26.8 Å². The number of nitrogens with one attached hydrogen (secondary N) is 1. The van der Waals surface area contributed by atoms with Crippen molar-refractivity contribution in [3.05, 3.63) is 29.6 Å². The highest BCUT2D eigenvalue weighted by Gasteiger charge is 2.25. The van der Waals surface area contributed by atoms with Crippen molar-refractivity contribution in [3.63, 3.8) is 0 Å². The van der Waals surface area contributed by atoms with Crippen LogP contribution in [0, 0.1) is 11.2 Å². The predicted molar refractivity (Wildman–Crippen MR) is 77.9 cm³/mol. The Bertz CT molecular complexity index is 444. The van der Waals surface area contributed by atoms with E-state index in [9.17, 15) is 9.50 Å². The van der Waals surface area contributed by atoms with E-state index in [1.54, 1.807) is 17.8 Å². The van der Waals surface area contributed by atoms with Crippen molar-refractivity contribution < 1.29 is 9.50 Å². The van der Waals surface area contributed by atoms with E-state index < -0.39 is 6.10 Å². The number of rotatable bonds is 3. The van der Waals surface area contributed by atoms with E-state index in [1.165, 1.54) is 6.07 Å². The van der Waals surface area contributed by atoms with Crippen molar-refractivity contribution in [1.29, 1.82) is 0 Å². The van der Waals surface area contributed by atoms with E-state index in [0.717, 1.165) is 22.6 Å². The second-order valence-electron chi connectivity index (χ2n) is 6.16. The summed E-state index contributed by atoms with van der Waals surface area (Å²) in [6.45, 7) is 6.59. The molecule has 0 amide bonds. The maximum absolute atomic E-state index is 13.4. The summed E-state index contributed by atoms with van der Waals surface area (Å²) in [7, 11) is 0. The lowest BCUT2D eigenvalue weighted by Crippen LogP contribution is -2.38. The van der Waals surface area contributed by atoms with Crippen molar-refractivity contribution >= 4 is 11.8 Å². The van der Waals surface area contributed by atoms with Gasteiger partial charge >= 0.3 is 0 Å². The summed E-state index contributed by atoms with van der Waals surface area (Å²) in [6, 6.07) is 5.12. The summed E-state index contributed by atoms with van der Waals surface area (Å²) in [6.07, 6.45) is 0.567. The first-order chi connectivity index (χ1) is 8.88. The Morgan fingerprint density at radius 2 is 2.21 bits per heavy atom. The molecule has 0 radical (unpaired) electrons. The smallest absolute Gasteiger partial charge is 0.123 e. The third kappa shape index (κ3) is 3.71. The lowest BCUT2D eigenvalue weighted by Gasteiger charge is -2.31. The highest BCUT2D eigenvalue weighted by molar-refractivity contribution is 7.99. The van der Waals surface area contributed by atoms with Crippen LogP contribution in [0.4, 0.5) is 4.39 Å². The maximum Gasteiger partial charge on any atom is 0.123 e. The molecule has 0 saturated carbocycles. The maximum atomic E-state index is 13.4. The Labute approximate surface area is 118 Å². The fourth-order valence-corrected chi connectivity index (χ4v) is 3.24. The zero-order chi connectivity index (χ0) is 14.0. The van der Waals surface area contributed by atoms with Crippen LogP contribution in [0.3, 0.4) is 0 Å². The molecular formula is C15H22FNOS. The van der Waals surface area contributed by atoms with Crippen molar-refractivity contribution in [2.24, 2.45) is 5.41 Å². The lowest BCUT2D eigenvalue weighted by atomic mass is 9.89. The van der Waals surface area contributed by atoms with Gasteiger partial charge in [-0.2, -0.15) is 0 Å². The number of hydrogen-bond acceptors (Lipinski definition) is 3. The Hall–Kier alpha value is -0.580. The van der Waals surface area contributed by atoms with Gasteiger partial charge in [0, 0.05) is 17.5 Å². The van der Waals surface area contributed by atoms with Gasteiger partial charge in [0.05, 0.1) is 6.10 Å². The van der Waals surface area contributed by atoms with Crippen LogP contribution in [0.2, 0.25) is 0 Å². The Morgan fingerprint density at radius 1 is 1.47 bits per heavy atom. The van der Waals surface area contributed by atoms with E-state index in [-0.39, 0.29) is 17.3 Å².